The fourth-order valence-electron chi connectivity index (χ4n) is 9.14. The fourth-order valence-corrected chi connectivity index (χ4v) is 10.9. The summed E-state index contributed by atoms with van der Waals surface area (Å²) in [4.78, 5) is 42.4. The van der Waals surface area contributed by atoms with Crippen LogP contribution in [0.15, 0.2) is 149 Å². The van der Waals surface area contributed by atoms with E-state index in [0.29, 0.717) is 28.4 Å². The maximum absolute atomic E-state index is 13.8. The van der Waals surface area contributed by atoms with Crippen LogP contribution in [0.3, 0.4) is 0 Å². The van der Waals surface area contributed by atoms with Gasteiger partial charge in [0, 0.05) is 47.6 Å². The minimum Gasteiger partial charge on any atom is -0.497 e. The highest BCUT2D eigenvalue weighted by Crippen LogP contribution is 2.51. The van der Waals surface area contributed by atoms with Crippen LogP contribution < -0.4 is 26.0 Å². The second-order valence-electron chi connectivity index (χ2n) is 18.1. The van der Waals surface area contributed by atoms with E-state index in [1.54, 1.807) is 20.3 Å². The zero-order valence-corrected chi connectivity index (χ0v) is 43.5. The third-order valence-electron chi connectivity index (χ3n) is 12.6. The second kappa shape index (κ2) is 25.2. The van der Waals surface area contributed by atoms with Crippen LogP contribution in [0.5, 0.6) is 11.5 Å². The highest BCUT2D eigenvalue weighted by molar-refractivity contribution is 7.44. The predicted molar refractivity (Wildman–Crippen MR) is 285 cm³/mol. The maximum Gasteiger partial charge on any atom is 0.412 e. The Hall–Kier alpha value is -7.37. The van der Waals surface area contributed by atoms with Crippen molar-refractivity contribution in [2.75, 3.05) is 40.6 Å². The number of aromatic amines is 1. The summed E-state index contributed by atoms with van der Waals surface area (Å²) in [5.74, 6) is 8.02. The van der Waals surface area contributed by atoms with Gasteiger partial charge in [0.25, 0.3) is 14.1 Å². The molecular weight excluding hydrogens is 974 g/mol. The van der Waals surface area contributed by atoms with Crippen molar-refractivity contribution < 1.29 is 42.3 Å². The average Bonchev–Trinajstić information content (AvgIpc) is 3.75. The molecule has 8 rings (SSSR count). The van der Waals surface area contributed by atoms with E-state index in [2.05, 4.69) is 32.9 Å². The van der Waals surface area contributed by atoms with Crippen LogP contribution in [0, 0.1) is 23.2 Å². The zero-order chi connectivity index (χ0) is 52.9. The molecule has 75 heavy (non-hydrogen) atoms. The summed E-state index contributed by atoms with van der Waals surface area (Å²) in [7, 11) is 1.25. The van der Waals surface area contributed by atoms with E-state index in [4.69, 9.17) is 37.5 Å². The number of nitriles is 1. The summed E-state index contributed by atoms with van der Waals surface area (Å²) in [6.07, 6.45) is -1.88. The molecule has 1 aromatic heterocycles. The molecule has 0 bridgehead atoms. The molecule has 1 aliphatic carbocycles. The normalized spacial score (nSPS) is 18.1. The van der Waals surface area contributed by atoms with Crippen molar-refractivity contribution in [2.24, 2.45) is 0 Å². The number of benzene rings is 5. The van der Waals surface area contributed by atoms with Crippen LogP contribution >= 0.6 is 8.53 Å². The van der Waals surface area contributed by atoms with Crippen molar-refractivity contribution in [3.63, 3.8) is 0 Å². The van der Waals surface area contributed by atoms with E-state index < -0.39 is 56.0 Å². The molecule has 6 aromatic rings. The quantitative estimate of drug-likeness (QED) is 0.0284. The van der Waals surface area contributed by atoms with Gasteiger partial charge in [-0.15, -0.1) is 0 Å². The first-order chi connectivity index (χ1) is 36.4. The number of rotatable bonds is 22. The molecule has 1 fully saturated rings. The third kappa shape index (κ3) is 12.6. The van der Waals surface area contributed by atoms with Crippen molar-refractivity contribution >= 4 is 26.5 Å². The van der Waals surface area contributed by atoms with Crippen molar-refractivity contribution in [3.8, 4) is 29.4 Å². The molecule has 1 unspecified atom stereocenters. The molecule has 5 aromatic carbocycles. The molecule has 0 saturated carbocycles. The lowest BCUT2D eigenvalue weighted by atomic mass is 9.80. The Labute approximate surface area is 437 Å². The number of H-pyrrole nitrogens is 1. The highest BCUT2D eigenvalue weighted by atomic mass is 31.2. The van der Waals surface area contributed by atoms with Gasteiger partial charge in [0.05, 0.1) is 46.5 Å². The lowest BCUT2D eigenvalue weighted by Gasteiger charge is -2.39. The van der Waals surface area contributed by atoms with Crippen LogP contribution in [-0.4, -0.2) is 91.3 Å². The first-order valence-corrected chi connectivity index (χ1v) is 25.8. The fraction of sp³-hybridized carbons (Fsp3) is 0.310. The molecule has 1 aliphatic heterocycles. The largest absolute Gasteiger partial charge is 0.497 e. The Balaban J connectivity index is 1.16. The minimum absolute atomic E-state index is 0.0502. The van der Waals surface area contributed by atoms with Crippen molar-refractivity contribution in [1.82, 2.24) is 19.5 Å². The van der Waals surface area contributed by atoms with E-state index in [9.17, 15) is 19.6 Å². The van der Waals surface area contributed by atoms with Gasteiger partial charge in [-0.1, -0.05) is 96.8 Å². The number of carbonyl (C=O) groups excluding carboxylic acids is 1. The third-order valence-corrected chi connectivity index (χ3v) is 14.7. The molecule has 0 spiro atoms. The molecule has 388 valence electrons. The van der Waals surface area contributed by atoms with Crippen molar-refractivity contribution in [1.29, 1.82) is 5.26 Å². The van der Waals surface area contributed by atoms with E-state index in [0.717, 1.165) is 27.8 Å². The van der Waals surface area contributed by atoms with Crippen LogP contribution in [0.1, 0.15) is 79.3 Å². The van der Waals surface area contributed by atoms with E-state index in [1.165, 1.54) is 16.8 Å². The number of fused-ring (bicyclic) bond motifs is 2. The number of ether oxygens (including phenoxy) is 6. The SMILES string of the molecule is COc1ccc(C(OC[C@H]2O[C@@H](n3ccc(=O)[nH]c3=O)[C@H](OCCNC(=O)O/C3=C/c4ccccc4C#Cc4ccccc43)[C@@H]2OP(OCCC#N)N(C(C)C)C(C)C)(c2ccccc2)c2ccc(OC)cc2)cc1. The van der Waals surface area contributed by atoms with Crippen LogP contribution in [0.2, 0.25) is 0 Å². The minimum atomic E-state index is -1.96. The molecule has 2 heterocycles. The number of hydrogen-bond donors (Lipinski definition) is 2. The molecule has 0 radical (unpaired) electrons. The zero-order valence-electron chi connectivity index (χ0n) is 42.6. The average molecular weight is 1030 g/mol. The van der Waals surface area contributed by atoms with Gasteiger partial charge >= 0.3 is 11.8 Å². The number of hydrogen-bond acceptors (Lipinski definition) is 13. The maximum atomic E-state index is 13.8. The Kier molecular flexibility index (Phi) is 18.1. The lowest BCUT2D eigenvalue weighted by molar-refractivity contribution is -0.0974. The lowest BCUT2D eigenvalue weighted by Crippen LogP contribution is -2.44. The standard InChI is InChI=1S/C58H60N5O11P/c1-39(2)63(40(3)4)75(71-35-14-32-59)74-53-51(38-70-58(44-18-8-7-9-19-44,45-23-27-47(67-5)28-24-45)46-25-29-48(68-6)30-26-46)72-55(62-34-31-52(64)61-56(62)65)54(53)69-36-33-60-57(66)73-50-37-43-17-11-10-15-41(43)21-22-42-16-12-13-20-49(42)50/h7-13,15-20,23-31,34,37,39-40,51,53-55H,14,33,35-36,38H2,1-6H3,(H,60,66)(H,61,64,65)/b43-37?,50-37+,50-49?/t51-,53-,54-,55-,75?/m1/s1. The van der Waals surface area contributed by atoms with Gasteiger partial charge < -0.3 is 42.8 Å². The van der Waals surface area contributed by atoms with Gasteiger partial charge in [-0.05, 0) is 98.5 Å². The molecule has 17 heteroatoms. The molecule has 2 N–H and O–H groups in total. The van der Waals surface area contributed by atoms with Gasteiger partial charge in [-0.2, -0.15) is 5.26 Å². The molecule has 2 aliphatic rings. The topological polar surface area (TPSA) is 185 Å². The number of amides is 1. The monoisotopic (exact) mass is 1030 g/mol. The molecule has 16 nitrogen and oxygen atoms in total. The predicted octanol–water partition coefficient (Wildman–Crippen LogP) is 9.14. The van der Waals surface area contributed by atoms with Gasteiger partial charge in [-0.25, -0.2) is 14.3 Å². The van der Waals surface area contributed by atoms with Crippen molar-refractivity contribution in [3.05, 3.63) is 199 Å². The Morgan fingerprint density at radius 3 is 2.05 bits per heavy atom. The second-order valence-corrected chi connectivity index (χ2v) is 19.5. The smallest absolute Gasteiger partial charge is 0.412 e. The number of aromatic nitrogens is 2. The van der Waals surface area contributed by atoms with E-state index in [1.807, 2.05) is 155 Å². The van der Waals surface area contributed by atoms with E-state index in [-0.39, 0.29) is 44.9 Å². The first-order valence-electron chi connectivity index (χ1n) is 24.6. The number of carbonyl (C=O) groups is 1. The Morgan fingerprint density at radius 2 is 1.41 bits per heavy atom. The molecular formula is C58H60N5O11P. The van der Waals surface area contributed by atoms with Crippen LogP contribution in [0.4, 0.5) is 4.79 Å². The summed E-state index contributed by atoms with van der Waals surface area (Å²) in [6.45, 7) is 7.83. The Bertz CT molecular complexity index is 3090. The van der Waals surface area contributed by atoms with Gasteiger partial charge in [0.2, 0.25) is 0 Å². The molecule has 5 atom stereocenters. The van der Waals surface area contributed by atoms with Gasteiger partial charge in [0.1, 0.15) is 41.2 Å². The summed E-state index contributed by atoms with van der Waals surface area (Å²) >= 11 is 0. The van der Waals surface area contributed by atoms with Gasteiger partial charge in [-0.3, -0.25) is 14.3 Å². The summed E-state index contributed by atoms with van der Waals surface area (Å²) < 4.78 is 55.2. The van der Waals surface area contributed by atoms with Crippen LogP contribution in [0.25, 0.3) is 11.8 Å². The Morgan fingerprint density at radius 1 is 0.800 bits per heavy atom. The summed E-state index contributed by atoms with van der Waals surface area (Å²) in [5.41, 5.74) is 2.58. The molecule has 1 amide bonds. The number of nitrogens with one attached hydrogen (secondary N) is 2. The number of methoxy groups -OCH3 is 2. The van der Waals surface area contributed by atoms with Crippen LogP contribution in [-0.2, 0) is 33.6 Å². The summed E-state index contributed by atoms with van der Waals surface area (Å²) in [6, 6.07) is 43.2. The number of alkyl carbamates (subject to hydrolysis) is 1. The van der Waals surface area contributed by atoms with Gasteiger partial charge in [0.15, 0.2) is 6.23 Å². The summed E-state index contributed by atoms with van der Waals surface area (Å²) in [5, 5.41) is 12.4. The first kappa shape index (κ1) is 53.9. The highest BCUT2D eigenvalue weighted by Gasteiger charge is 2.51. The molecule has 1 saturated heterocycles. The van der Waals surface area contributed by atoms with Crippen molar-refractivity contribution in [2.45, 2.75) is 76.3 Å². The number of nitrogens with zero attached hydrogens (tertiary/aromatic N) is 3. The van der Waals surface area contributed by atoms with E-state index >= 15 is 0 Å².